The van der Waals surface area contributed by atoms with Crippen molar-refractivity contribution in [2.75, 3.05) is 22.9 Å². The largest absolute Gasteiger partial charge is 0.346 e. The van der Waals surface area contributed by atoms with Crippen LogP contribution in [-0.4, -0.2) is 34.8 Å². The molecule has 2 aromatic rings. The number of carbonyl (C=O) groups is 2. The summed E-state index contributed by atoms with van der Waals surface area (Å²) in [6.45, 7) is 3.81. The van der Waals surface area contributed by atoms with Crippen LogP contribution in [0.3, 0.4) is 0 Å². The average Bonchev–Trinajstić information content (AvgIpc) is 3.10. The van der Waals surface area contributed by atoms with Gasteiger partial charge in [-0.05, 0) is 17.5 Å². The van der Waals surface area contributed by atoms with Crippen LogP contribution in [0.2, 0.25) is 0 Å². The number of anilines is 2. The Morgan fingerprint density at radius 1 is 1.55 bits per heavy atom. The summed E-state index contributed by atoms with van der Waals surface area (Å²) < 4.78 is 0. The van der Waals surface area contributed by atoms with Gasteiger partial charge in [0, 0.05) is 30.6 Å². The van der Waals surface area contributed by atoms with Crippen LogP contribution in [0.1, 0.15) is 12.6 Å². The van der Waals surface area contributed by atoms with Crippen LogP contribution in [0.15, 0.2) is 22.9 Å². The molecule has 1 aliphatic rings. The molecule has 1 saturated heterocycles. The fourth-order valence-corrected chi connectivity index (χ4v) is 4.70. The first-order valence-corrected chi connectivity index (χ1v) is 9.41. The van der Waals surface area contributed by atoms with Gasteiger partial charge in [0.2, 0.25) is 6.41 Å². The van der Waals surface area contributed by atoms with Gasteiger partial charge < -0.3 is 9.80 Å². The van der Waals surface area contributed by atoms with Crippen LogP contribution >= 0.6 is 34.4 Å². The molecule has 5 nitrogen and oxygen atoms in total. The number of hydrogen-bond acceptors (Lipinski definition) is 7. The third-order valence-electron chi connectivity index (χ3n) is 3.24. The zero-order chi connectivity index (χ0) is 15.5. The van der Waals surface area contributed by atoms with E-state index in [0.717, 1.165) is 35.3 Å². The van der Waals surface area contributed by atoms with Gasteiger partial charge in [-0.25, -0.2) is 4.98 Å². The van der Waals surface area contributed by atoms with Crippen molar-refractivity contribution in [2.24, 2.45) is 0 Å². The van der Waals surface area contributed by atoms with Gasteiger partial charge in [0.1, 0.15) is 0 Å². The second kappa shape index (κ2) is 6.80. The van der Waals surface area contributed by atoms with E-state index in [1.54, 1.807) is 23.2 Å². The summed E-state index contributed by atoms with van der Waals surface area (Å²) in [6.07, 6.45) is 0.841. The Kier molecular flexibility index (Phi) is 4.80. The molecule has 0 aromatic carbocycles. The molecule has 0 radical (unpaired) electrons. The Balaban J connectivity index is 1.58. The lowest BCUT2D eigenvalue weighted by Gasteiger charge is -2.37. The molecule has 0 spiro atoms. The molecule has 0 atom stereocenters. The maximum atomic E-state index is 11.2. The molecular weight excluding hydrogens is 338 g/mol. The zero-order valence-electron chi connectivity index (χ0n) is 12.0. The van der Waals surface area contributed by atoms with Gasteiger partial charge in [-0.15, -0.1) is 22.7 Å². The van der Waals surface area contributed by atoms with Gasteiger partial charge in [0.05, 0.1) is 17.2 Å². The molecule has 22 heavy (non-hydrogen) atoms. The zero-order valence-corrected chi connectivity index (χ0v) is 14.4. The predicted octanol–water partition coefficient (Wildman–Crippen LogP) is 2.84. The molecule has 8 heteroatoms. The fraction of sp³-hybridized carbons (Fsp3) is 0.357. The highest BCUT2D eigenvalue weighted by molar-refractivity contribution is 8.14. The summed E-state index contributed by atoms with van der Waals surface area (Å²) in [5.41, 5.74) is 0.892. The summed E-state index contributed by atoms with van der Waals surface area (Å²) in [6, 6.07) is 3.85. The van der Waals surface area contributed by atoms with E-state index < -0.39 is 0 Å². The quantitative estimate of drug-likeness (QED) is 0.748. The van der Waals surface area contributed by atoms with Crippen molar-refractivity contribution >= 4 is 56.1 Å². The Bertz CT molecular complexity index is 650. The van der Waals surface area contributed by atoms with Crippen molar-refractivity contribution in [3.05, 3.63) is 28.6 Å². The maximum Gasteiger partial charge on any atom is 0.215 e. The fourth-order valence-electron chi connectivity index (χ4n) is 2.19. The lowest BCUT2D eigenvalue weighted by Crippen LogP contribution is -2.49. The Morgan fingerprint density at radius 3 is 3.00 bits per heavy atom. The molecule has 1 aliphatic heterocycles. The minimum atomic E-state index is 0.169. The molecule has 1 amide bonds. The number of aromatic nitrogens is 1. The van der Waals surface area contributed by atoms with E-state index in [-0.39, 0.29) is 5.12 Å². The van der Waals surface area contributed by atoms with E-state index in [4.69, 9.17) is 0 Å². The van der Waals surface area contributed by atoms with Crippen molar-refractivity contribution in [1.29, 1.82) is 0 Å². The van der Waals surface area contributed by atoms with E-state index in [9.17, 15) is 9.59 Å². The van der Waals surface area contributed by atoms with Crippen molar-refractivity contribution in [2.45, 2.75) is 18.7 Å². The van der Waals surface area contributed by atoms with Gasteiger partial charge in [0.25, 0.3) is 0 Å². The normalized spacial score (nSPS) is 14.7. The lowest BCUT2D eigenvalue weighted by atomic mass is 10.2. The molecule has 0 saturated carbocycles. The molecule has 0 unspecified atom stereocenters. The number of thiazole rings is 1. The van der Waals surface area contributed by atoms with Crippen LogP contribution in [0.4, 0.5) is 10.1 Å². The molecule has 0 aliphatic carbocycles. The summed E-state index contributed by atoms with van der Waals surface area (Å²) >= 11 is 4.52. The van der Waals surface area contributed by atoms with E-state index in [0.29, 0.717) is 11.8 Å². The van der Waals surface area contributed by atoms with Crippen LogP contribution in [-0.2, 0) is 16.1 Å². The number of hydrogen-bond donors (Lipinski definition) is 0. The average molecular weight is 353 g/mol. The molecule has 3 heterocycles. The van der Waals surface area contributed by atoms with E-state index >= 15 is 0 Å². The molecule has 1 fully saturated rings. The van der Waals surface area contributed by atoms with Gasteiger partial charge in [-0.3, -0.25) is 9.59 Å². The van der Waals surface area contributed by atoms with E-state index in [1.165, 1.54) is 23.1 Å². The third-order valence-corrected chi connectivity index (χ3v) is 6.06. The van der Waals surface area contributed by atoms with Crippen molar-refractivity contribution in [3.63, 3.8) is 0 Å². The SMILES string of the molecule is CC(=O)SC1CN(c2nc(CN(C=O)c3cccs3)cs2)C1. The summed E-state index contributed by atoms with van der Waals surface area (Å²) in [5, 5.41) is 6.37. The van der Waals surface area contributed by atoms with E-state index in [2.05, 4.69) is 9.88 Å². The number of amides is 1. The van der Waals surface area contributed by atoms with Gasteiger partial charge in [-0.2, -0.15) is 0 Å². The van der Waals surface area contributed by atoms with Crippen LogP contribution in [0.5, 0.6) is 0 Å². The molecule has 0 N–H and O–H groups in total. The van der Waals surface area contributed by atoms with Crippen molar-refractivity contribution in [3.8, 4) is 0 Å². The first-order chi connectivity index (χ1) is 10.7. The Labute approximate surface area is 141 Å². The minimum absolute atomic E-state index is 0.169. The van der Waals surface area contributed by atoms with Crippen LogP contribution in [0, 0.1) is 0 Å². The smallest absolute Gasteiger partial charge is 0.215 e. The highest BCUT2D eigenvalue weighted by Crippen LogP contribution is 2.31. The minimum Gasteiger partial charge on any atom is -0.346 e. The van der Waals surface area contributed by atoms with Gasteiger partial charge >= 0.3 is 0 Å². The lowest BCUT2D eigenvalue weighted by molar-refractivity contribution is -0.109. The number of carbonyl (C=O) groups excluding carboxylic acids is 2. The van der Waals surface area contributed by atoms with Crippen molar-refractivity contribution in [1.82, 2.24) is 4.98 Å². The second-order valence-corrected chi connectivity index (χ2v) is 8.18. The standard InChI is InChI=1S/C14H15N3O2S3/c1-10(19)22-12-6-16(7-12)14-15-11(8-21-14)5-17(9-18)13-3-2-4-20-13/h2-4,8-9,12H,5-7H2,1H3. The van der Waals surface area contributed by atoms with Crippen LogP contribution < -0.4 is 9.80 Å². The Hall–Kier alpha value is -1.38. The topological polar surface area (TPSA) is 53.5 Å². The first kappa shape index (κ1) is 15.5. The Morgan fingerprint density at radius 2 is 2.36 bits per heavy atom. The number of nitrogens with zero attached hydrogens (tertiary/aromatic N) is 3. The maximum absolute atomic E-state index is 11.2. The summed E-state index contributed by atoms with van der Waals surface area (Å²) in [7, 11) is 0. The van der Waals surface area contributed by atoms with Crippen LogP contribution in [0.25, 0.3) is 0 Å². The highest BCUT2D eigenvalue weighted by atomic mass is 32.2. The summed E-state index contributed by atoms with van der Waals surface area (Å²) in [5.74, 6) is 0. The predicted molar refractivity (Wildman–Crippen MR) is 93.0 cm³/mol. The molecular formula is C14H15N3O2S3. The monoisotopic (exact) mass is 353 g/mol. The number of thioether (sulfide) groups is 1. The molecule has 0 bridgehead atoms. The molecule has 2 aromatic heterocycles. The van der Waals surface area contributed by atoms with Crippen molar-refractivity contribution < 1.29 is 9.59 Å². The summed E-state index contributed by atoms with van der Waals surface area (Å²) in [4.78, 5) is 30.7. The number of thiophene rings is 1. The first-order valence-electron chi connectivity index (χ1n) is 6.77. The third kappa shape index (κ3) is 3.50. The molecule has 116 valence electrons. The second-order valence-electron chi connectivity index (χ2n) is 4.94. The highest BCUT2D eigenvalue weighted by Gasteiger charge is 2.30. The van der Waals surface area contributed by atoms with Gasteiger partial charge in [-0.1, -0.05) is 11.8 Å². The molecule has 3 rings (SSSR count). The number of rotatable bonds is 6. The van der Waals surface area contributed by atoms with E-state index in [1.807, 2.05) is 22.9 Å². The van der Waals surface area contributed by atoms with Gasteiger partial charge in [0.15, 0.2) is 10.2 Å².